The van der Waals surface area contributed by atoms with E-state index >= 15 is 0 Å². The highest BCUT2D eigenvalue weighted by molar-refractivity contribution is 7.89. The smallest absolute Gasteiger partial charge is 0.242 e. The molecule has 2 aromatic rings. The van der Waals surface area contributed by atoms with E-state index in [1.165, 1.54) is 12.3 Å². The van der Waals surface area contributed by atoms with Crippen molar-refractivity contribution in [1.82, 2.24) is 14.6 Å². The van der Waals surface area contributed by atoms with Crippen LogP contribution in [0.1, 0.15) is 11.6 Å². The molecule has 0 spiro atoms. The van der Waals surface area contributed by atoms with Gasteiger partial charge in [-0.25, -0.2) is 18.1 Å². The summed E-state index contributed by atoms with van der Waals surface area (Å²) in [6.45, 7) is 0.222. The molecule has 2 rings (SSSR count). The lowest BCUT2D eigenvalue weighted by molar-refractivity contribution is 0.299. The van der Waals surface area contributed by atoms with Gasteiger partial charge in [0.15, 0.2) is 0 Å². The third kappa shape index (κ3) is 4.65. The lowest BCUT2D eigenvalue weighted by Gasteiger charge is -2.25. The van der Waals surface area contributed by atoms with Crippen LogP contribution in [0.25, 0.3) is 0 Å². The summed E-state index contributed by atoms with van der Waals surface area (Å²) in [6.07, 6.45) is 1.18. The fourth-order valence-corrected chi connectivity index (χ4v) is 3.44. The molecular weight excluding hydrogens is 357 g/mol. The maximum atomic E-state index is 12.4. The fourth-order valence-electron chi connectivity index (χ4n) is 2.10. The summed E-state index contributed by atoms with van der Waals surface area (Å²) in [7, 11) is 0.0727. The Balaban J connectivity index is 2.18. The van der Waals surface area contributed by atoms with Crippen LogP contribution in [-0.2, 0) is 10.0 Å². The van der Waals surface area contributed by atoms with Gasteiger partial charge in [0.2, 0.25) is 10.0 Å². The van der Waals surface area contributed by atoms with Gasteiger partial charge in [-0.1, -0.05) is 53.5 Å². The van der Waals surface area contributed by atoms with Crippen molar-refractivity contribution in [3.05, 3.63) is 58.3 Å². The average Bonchev–Trinajstić information content (AvgIpc) is 2.50. The summed E-state index contributed by atoms with van der Waals surface area (Å²) < 4.78 is 27.4. The number of nitrogens with one attached hydrogen (secondary N) is 1. The number of rotatable bonds is 6. The number of aromatic nitrogens is 1. The van der Waals surface area contributed by atoms with Crippen LogP contribution in [0.4, 0.5) is 0 Å². The topological polar surface area (TPSA) is 62.3 Å². The minimum Gasteiger partial charge on any atom is -0.301 e. The standard InChI is InChI=1S/C15H17Cl2N3O2S/c1-20(2)14(11-6-4-3-5-7-11)10-19-23(21,22)12-8-13(16)15(17)18-9-12/h3-9,14,19H,10H2,1-2H3. The second-order valence-corrected chi connectivity index (χ2v) is 7.72. The molecule has 0 radical (unpaired) electrons. The number of halogens is 2. The van der Waals surface area contributed by atoms with Crippen molar-refractivity contribution >= 4 is 33.2 Å². The Morgan fingerprint density at radius 1 is 1.22 bits per heavy atom. The molecule has 5 nitrogen and oxygen atoms in total. The van der Waals surface area contributed by atoms with Crippen molar-refractivity contribution in [2.75, 3.05) is 20.6 Å². The Hall–Kier alpha value is -1.18. The van der Waals surface area contributed by atoms with Gasteiger partial charge in [0, 0.05) is 18.8 Å². The first-order valence-electron chi connectivity index (χ1n) is 6.83. The number of hydrogen-bond acceptors (Lipinski definition) is 4. The van der Waals surface area contributed by atoms with E-state index in [9.17, 15) is 8.42 Å². The second-order valence-electron chi connectivity index (χ2n) is 5.19. The minimum absolute atomic E-state index is 0.0162. The summed E-state index contributed by atoms with van der Waals surface area (Å²) in [5, 5.41) is 0.169. The molecule has 0 saturated heterocycles. The maximum Gasteiger partial charge on any atom is 0.242 e. The summed E-state index contributed by atoms with van der Waals surface area (Å²) in [6, 6.07) is 10.9. The SMILES string of the molecule is CN(C)C(CNS(=O)(=O)c1cnc(Cl)c(Cl)c1)c1ccccc1. The van der Waals surface area contributed by atoms with E-state index in [1.54, 1.807) is 0 Å². The van der Waals surface area contributed by atoms with Gasteiger partial charge in [0.25, 0.3) is 0 Å². The van der Waals surface area contributed by atoms with Crippen LogP contribution in [0.15, 0.2) is 47.5 Å². The fraction of sp³-hybridized carbons (Fsp3) is 0.267. The Bertz CT molecular complexity index is 768. The molecule has 1 N–H and O–H groups in total. The largest absolute Gasteiger partial charge is 0.301 e. The van der Waals surface area contributed by atoms with Crippen molar-refractivity contribution in [3.8, 4) is 0 Å². The van der Waals surface area contributed by atoms with E-state index in [2.05, 4.69) is 9.71 Å². The Morgan fingerprint density at radius 2 is 1.87 bits per heavy atom. The molecule has 124 valence electrons. The molecule has 1 atom stereocenters. The first-order valence-corrected chi connectivity index (χ1v) is 9.07. The molecule has 1 aromatic heterocycles. The highest BCUT2D eigenvalue weighted by Crippen LogP contribution is 2.23. The minimum atomic E-state index is -3.72. The van der Waals surface area contributed by atoms with Crippen LogP contribution in [0.3, 0.4) is 0 Å². The van der Waals surface area contributed by atoms with Crippen LogP contribution >= 0.6 is 23.2 Å². The third-order valence-electron chi connectivity index (χ3n) is 3.36. The average molecular weight is 374 g/mol. The van der Waals surface area contributed by atoms with Gasteiger partial charge in [-0.05, 0) is 25.7 Å². The first-order chi connectivity index (χ1) is 10.8. The normalized spacial score (nSPS) is 13.3. The molecule has 0 fully saturated rings. The number of sulfonamides is 1. The molecule has 8 heteroatoms. The van der Waals surface area contributed by atoms with Gasteiger partial charge in [0.05, 0.1) is 5.02 Å². The van der Waals surface area contributed by atoms with Crippen molar-refractivity contribution in [3.63, 3.8) is 0 Å². The summed E-state index contributed by atoms with van der Waals surface area (Å²) in [4.78, 5) is 5.70. The third-order valence-corrected chi connectivity index (χ3v) is 5.43. The highest BCUT2D eigenvalue weighted by atomic mass is 35.5. The quantitative estimate of drug-likeness (QED) is 0.790. The van der Waals surface area contributed by atoms with Crippen LogP contribution < -0.4 is 4.72 Å². The first kappa shape index (κ1) is 18.2. The molecule has 1 aromatic carbocycles. The molecule has 0 aliphatic heterocycles. The maximum absolute atomic E-state index is 12.4. The lowest BCUT2D eigenvalue weighted by Crippen LogP contribution is -2.34. The molecule has 0 aliphatic rings. The zero-order valence-corrected chi connectivity index (χ0v) is 15.0. The van der Waals surface area contributed by atoms with Gasteiger partial charge in [-0.15, -0.1) is 0 Å². The zero-order chi connectivity index (χ0) is 17.0. The predicted octanol–water partition coefficient (Wildman–Crippen LogP) is 2.97. The van der Waals surface area contributed by atoms with Crippen molar-refractivity contribution < 1.29 is 8.42 Å². The second kappa shape index (κ2) is 7.59. The van der Waals surface area contributed by atoms with Gasteiger partial charge in [-0.2, -0.15) is 0 Å². The Morgan fingerprint density at radius 3 is 2.43 bits per heavy atom. The molecule has 23 heavy (non-hydrogen) atoms. The van der Waals surface area contributed by atoms with E-state index in [4.69, 9.17) is 23.2 Å². The molecule has 0 aliphatic carbocycles. The summed E-state index contributed by atoms with van der Waals surface area (Å²) in [5.74, 6) is 0. The van der Waals surface area contributed by atoms with Gasteiger partial charge in [-0.3, -0.25) is 0 Å². The highest BCUT2D eigenvalue weighted by Gasteiger charge is 2.20. The van der Waals surface area contributed by atoms with E-state index in [0.29, 0.717) is 0 Å². The van der Waals surface area contributed by atoms with Gasteiger partial charge in [0.1, 0.15) is 10.0 Å². The van der Waals surface area contributed by atoms with Gasteiger partial charge >= 0.3 is 0 Å². The van der Waals surface area contributed by atoms with E-state index in [1.807, 2.05) is 49.3 Å². The van der Waals surface area contributed by atoms with E-state index < -0.39 is 10.0 Å². The van der Waals surface area contributed by atoms with E-state index in [-0.39, 0.29) is 27.7 Å². The molecule has 0 bridgehead atoms. The van der Waals surface area contributed by atoms with Crippen molar-refractivity contribution in [1.29, 1.82) is 0 Å². The molecular formula is C15H17Cl2N3O2S. The summed E-state index contributed by atoms with van der Waals surface area (Å²) in [5.41, 5.74) is 1.02. The van der Waals surface area contributed by atoms with Crippen molar-refractivity contribution in [2.45, 2.75) is 10.9 Å². The number of nitrogens with zero attached hydrogens (tertiary/aromatic N) is 2. The van der Waals surface area contributed by atoms with Gasteiger partial charge < -0.3 is 4.90 Å². The monoisotopic (exact) mass is 373 g/mol. The lowest BCUT2D eigenvalue weighted by atomic mass is 10.1. The summed E-state index contributed by atoms with van der Waals surface area (Å²) >= 11 is 11.5. The van der Waals surface area contributed by atoms with Crippen molar-refractivity contribution in [2.24, 2.45) is 0 Å². The molecule has 0 saturated carbocycles. The molecule has 0 amide bonds. The number of benzene rings is 1. The van der Waals surface area contributed by atoms with Crippen LogP contribution in [-0.4, -0.2) is 38.9 Å². The number of hydrogen-bond donors (Lipinski definition) is 1. The number of pyridine rings is 1. The zero-order valence-electron chi connectivity index (χ0n) is 12.7. The molecule has 1 unspecified atom stereocenters. The predicted molar refractivity (Wildman–Crippen MR) is 92.3 cm³/mol. The van der Waals surface area contributed by atoms with Crippen LogP contribution in [0.2, 0.25) is 10.2 Å². The molecule has 1 heterocycles. The Kier molecular flexibility index (Phi) is 6.00. The van der Waals surface area contributed by atoms with Crippen LogP contribution in [0, 0.1) is 0 Å². The number of likely N-dealkylation sites (N-methyl/N-ethyl adjacent to an activating group) is 1. The van der Waals surface area contributed by atoms with E-state index in [0.717, 1.165) is 5.56 Å². The van der Waals surface area contributed by atoms with Crippen LogP contribution in [0.5, 0.6) is 0 Å². The Labute approximate surface area is 146 Å².